The molecule has 224 valence electrons. The van der Waals surface area contributed by atoms with E-state index in [0.717, 1.165) is 82.6 Å². The van der Waals surface area contributed by atoms with Crippen molar-refractivity contribution in [2.45, 2.75) is 0 Å². The van der Waals surface area contributed by atoms with Crippen molar-refractivity contribution in [1.29, 1.82) is 0 Å². The van der Waals surface area contributed by atoms with Gasteiger partial charge in [-0.25, -0.2) is 15.0 Å². The molecule has 4 aromatic heterocycles. The van der Waals surface area contributed by atoms with Crippen molar-refractivity contribution < 1.29 is 8.83 Å². The van der Waals surface area contributed by atoms with Gasteiger partial charge >= 0.3 is 0 Å². The van der Waals surface area contributed by atoms with Gasteiger partial charge in [-0.3, -0.25) is 4.98 Å². The van der Waals surface area contributed by atoms with Crippen molar-refractivity contribution in [3.8, 4) is 45.3 Å². The van der Waals surface area contributed by atoms with E-state index in [-0.39, 0.29) is 0 Å². The molecule has 0 aliphatic rings. The van der Waals surface area contributed by atoms with Crippen LogP contribution in [0.4, 0.5) is 0 Å². The molecular weight excluding hydrogens is 592 g/mol. The molecule has 48 heavy (non-hydrogen) atoms. The molecular formula is C42H24N4O2. The molecule has 6 aromatic carbocycles. The molecule has 6 heteroatoms. The van der Waals surface area contributed by atoms with Crippen LogP contribution in [0.25, 0.3) is 100 Å². The summed E-state index contributed by atoms with van der Waals surface area (Å²) >= 11 is 0. The number of para-hydroxylation sites is 1. The first kappa shape index (κ1) is 26.5. The summed E-state index contributed by atoms with van der Waals surface area (Å²) in [6.07, 6.45) is 1.81. The lowest BCUT2D eigenvalue weighted by atomic mass is 9.92. The molecule has 0 saturated heterocycles. The van der Waals surface area contributed by atoms with Crippen LogP contribution in [0.1, 0.15) is 0 Å². The van der Waals surface area contributed by atoms with Gasteiger partial charge in [-0.15, -0.1) is 0 Å². The molecule has 0 fully saturated rings. The minimum absolute atomic E-state index is 0.588. The highest BCUT2D eigenvalue weighted by Crippen LogP contribution is 2.41. The van der Waals surface area contributed by atoms with E-state index in [1.807, 2.05) is 91.1 Å². The van der Waals surface area contributed by atoms with Gasteiger partial charge in [0.25, 0.3) is 0 Å². The fourth-order valence-corrected chi connectivity index (χ4v) is 6.89. The van der Waals surface area contributed by atoms with Crippen molar-refractivity contribution in [2.75, 3.05) is 0 Å². The van der Waals surface area contributed by atoms with Crippen LogP contribution >= 0.6 is 0 Å². The van der Waals surface area contributed by atoms with Crippen molar-refractivity contribution in [3.63, 3.8) is 0 Å². The van der Waals surface area contributed by atoms with Crippen LogP contribution in [0.2, 0.25) is 0 Å². The van der Waals surface area contributed by atoms with E-state index in [2.05, 4.69) is 59.6 Å². The Morgan fingerprint density at radius 1 is 0.354 bits per heavy atom. The number of pyridine rings is 1. The summed E-state index contributed by atoms with van der Waals surface area (Å²) < 4.78 is 12.4. The van der Waals surface area contributed by atoms with Crippen molar-refractivity contribution in [3.05, 3.63) is 146 Å². The predicted molar refractivity (Wildman–Crippen MR) is 191 cm³/mol. The summed E-state index contributed by atoms with van der Waals surface area (Å²) in [5, 5.41) is 5.13. The van der Waals surface area contributed by atoms with Crippen molar-refractivity contribution in [1.82, 2.24) is 19.9 Å². The van der Waals surface area contributed by atoms with E-state index in [9.17, 15) is 0 Å². The third-order valence-electron chi connectivity index (χ3n) is 9.02. The van der Waals surface area contributed by atoms with E-state index in [0.29, 0.717) is 17.5 Å². The number of hydrogen-bond acceptors (Lipinski definition) is 6. The van der Waals surface area contributed by atoms with Gasteiger partial charge in [0, 0.05) is 33.7 Å². The molecule has 0 amide bonds. The Hall–Kier alpha value is -6.66. The van der Waals surface area contributed by atoms with Gasteiger partial charge in [-0.1, -0.05) is 103 Å². The zero-order valence-corrected chi connectivity index (χ0v) is 25.5. The lowest BCUT2D eigenvalue weighted by Crippen LogP contribution is -2.01. The van der Waals surface area contributed by atoms with Crippen LogP contribution in [0, 0.1) is 0 Å². The number of aromatic nitrogens is 4. The van der Waals surface area contributed by atoms with Crippen LogP contribution in [0.5, 0.6) is 0 Å². The molecule has 10 aromatic rings. The largest absolute Gasteiger partial charge is 0.456 e. The van der Waals surface area contributed by atoms with Crippen molar-refractivity contribution in [2.24, 2.45) is 0 Å². The minimum atomic E-state index is 0.588. The quantitative estimate of drug-likeness (QED) is 0.196. The molecule has 0 atom stereocenters. The molecule has 4 heterocycles. The summed E-state index contributed by atoms with van der Waals surface area (Å²) in [6, 6.07) is 46.9. The number of nitrogens with zero attached hydrogens (tertiary/aromatic N) is 4. The Kier molecular flexibility index (Phi) is 5.77. The molecule has 0 aliphatic carbocycles. The van der Waals surface area contributed by atoms with Crippen LogP contribution in [-0.2, 0) is 0 Å². The number of rotatable bonds is 4. The van der Waals surface area contributed by atoms with E-state index in [1.54, 1.807) is 0 Å². The second kappa shape index (κ2) is 10.4. The van der Waals surface area contributed by atoms with Gasteiger partial charge in [0.1, 0.15) is 22.3 Å². The number of fused-ring (bicyclic) bond motifs is 7. The Bertz CT molecular complexity index is 2850. The summed E-state index contributed by atoms with van der Waals surface area (Å²) in [5.74, 6) is 1.79. The number of benzene rings is 6. The van der Waals surface area contributed by atoms with Gasteiger partial charge < -0.3 is 8.83 Å². The highest BCUT2D eigenvalue weighted by molar-refractivity contribution is 6.15. The molecule has 10 rings (SSSR count). The second-order valence-corrected chi connectivity index (χ2v) is 11.8. The van der Waals surface area contributed by atoms with E-state index < -0.39 is 0 Å². The van der Waals surface area contributed by atoms with E-state index in [4.69, 9.17) is 23.8 Å². The Balaban J connectivity index is 1.23. The predicted octanol–water partition coefficient (Wildman–Crippen LogP) is 10.9. The fraction of sp³-hybridized carbons (Fsp3) is 0. The zero-order valence-electron chi connectivity index (χ0n) is 25.5. The molecule has 0 bridgehead atoms. The Morgan fingerprint density at radius 2 is 0.938 bits per heavy atom. The SMILES string of the molecule is c1ccc(-c2nc(-c3ccc(-c4cccc5oc6cccnc6c45)c4ccccc34)nc(-c3cccc4oc5ccccc5c34)n2)cc1. The maximum absolute atomic E-state index is 6.23. The standard InChI is InChI=1S/C42H24N4O2/c1-2-11-25(12-3-1)40-44-41(46-42(45-40)32-17-9-19-34-37(32)31-15-6-7-18-33(31)47-34)30-23-22-28(26-13-4-5-14-27(26)30)29-16-8-20-35-38(29)39-36(48-35)21-10-24-43-39/h1-24H. The van der Waals surface area contributed by atoms with Gasteiger partial charge in [-0.05, 0) is 58.3 Å². The Morgan fingerprint density at radius 3 is 1.77 bits per heavy atom. The van der Waals surface area contributed by atoms with Gasteiger partial charge in [0.05, 0.1) is 5.39 Å². The molecule has 0 radical (unpaired) electrons. The maximum Gasteiger partial charge on any atom is 0.164 e. The monoisotopic (exact) mass is 616 g/mol. The molecule has 0 unspecified atom stereocenters. The average molecular weight is 617 g/mol. The summed E-state index contributed by atoms with van der Waals surface area (Å²) in [7, 11) is 0. The summed E-state index contributed by atoms with van der Waals surface area (Å²) in [5.41, 5.74) is 8.93. The molecule has 0 saturated carbocycles. The third kappa shape index (κ3) is 4.06. The normalized spacial score (nSPS) is 11.8. The first-order valence-electron chi connectivity index (χ1n) is 15.8. The highest BCUT2D eigenvalue weighted by Gasteiger charge is 2.20. The molecule has 6 nitrogen and oxygen atoms in total. The van der Waals surface area contributed by atoms with E-state index in [1.165, 1.54) is 0 Å². The summed E-state index contributed by atoms with van der Waals surface area (Å²) in [6.45, 7) is 0. The highest BCUT2D eigenvalue weighted by atomic mass is 16.3. The topological polar surface area (TPSA) is 77.8 Å². The lowest BCUT2D eigenvalue weighted by molar-refractivity contribution is 0.668. The first-order valence-corrected chi connectivity index (χ1v) is 15.8. The van der Waals surface area contributed by atoms with Crippen LogP contribution in [-0.4, -0.2) is 19.9 Å². The fourth-order valence-electron chi connectivity index (χ4n) is 6.89. The molecule has 0 aliphatic heterocycles. The maximum atomic E-state index is 6.23. The average Bonchev–Trinajstić information content (AvgIpc) is 3.73. The lowest BCUT2D eigenvalue weighted by Gasteiger charge is -2.14. The Labute approximate surface area is 274 Å². The molecule has 0 N–H and O–H groups in total. The minimum Gasteiger partial charge on any atom is -0.456 e. The van der Waals surface area contributed by atoms with Crippen molar-refractivity contribution >= 4 is 54.8 Å². The van der Waals surface area contributed by atoms with Gasteiger partial charge in [-0.2, -0.15) is 0 Å². The summed E-state index contributed by atoms with van der Waals surface area (Å²) in [4.78, 5) is 20.0. The third-order valence-corrected chi connectivity index (χ3v) is 9.02. The van der Waals surface area contributed by atoms with Crippen LogP contribution in [0.15, 0.2) is 155 Å². The van der Waals surface area contributed by atoms with E-state index >= 15 is 0 Å². The van der Waals surface area contributed by atoms with Crippen LogP contribution < -0.4 is 0 Å². The van der Waals surface area contributed by atoms with Gasteiger partial charge in [0.2, 0.25) is 0 Å². The smallest absolute Gasteiger partial charge is 0.164 e. The molecule has 0 spiro atoms. The number of furan rings is 2. The zero-order chi connectivity index (χ0) is 31.6. The number of hydrogen-bond donors (Lipinski definition) is 0. The van der Waals surface area contributed by atoms with Crippen LogP contribution in [0.3, 0.4) is 0 Å². The first-order chi connectivity index (χ1) is 23.8. The second-order valence-electron chi connectivity index (χ2n) is 11.8. The van der Waals surface area contributed by atoms with Gasteiger partial charge in [0.15, 0.2) is 23.1 Å².